The van der Waals surface area contributed by atoms with Crippen LogP contribution >= 0.6 is 15.9 Å². The van der Waals surface area contributed by atoms with Crippen molar-refractivity contribution in [3.8, 4) is 0 Å². The second kappa shape index (κ2) is 6.11. The number of benzene rings is 2. The number of hydrogen-bond donors (Lipinski definition) is 1. The maximum atomic E-state index is 3.51. The molecule has 2 aromatic rings. The zero-order chi connectivity index (χ0) is 13.8. The summed E-state index contributed by atoms with van der Waals surface area (Å²) in [6.45, 7) is 2.94. The van der Waals surface area contributed by atoms with Crippen molar-refractivity contribution in [2.24, 2.45) is 0 Å². The monoisotopic (exact) mass is 318 g/mol. The summed E-state index contributed by atoms with van der Waals surface area (Å²) in [7, 11) is 4.11. The van der Waals surface area contributed by atoms with Gasteiger partial charge >= 0.3 is 0 Å². The fraction of sp³-hybridized carbons (Fsp3) is 0.250. The van der Waals surface area contributed by atoms with Crippen LogP contribution in [0.3, 0.4) is 0 Å². The van der Waals surface area contributed by atoms with E-state index in [1.165, 1.54) is 16.8 Å². The molecule has 2 aromatic carbocycles. The zero-order valence-corrected chi connectivity index (χ0v) is 13.2. The van der Waals surface area contributed by atoms with E-state index in [-0.39, 0.29) is 0 Å². The van der Waals surface area contributed by atoms with Crippen molar-refractivity contribution in [1.82, 2.24) is 0 Å². The lowest BCUT2D eigenvalue weighted by atomic mass is 10.2. The maximum Gasteiger partial charge on any atom is 0.0400 e. The molecule has 0 spiro atoms. The summed E-state index contributed by atoms with van der Waals surface area (Å²) in [4.78, 5) is 2.11. The normalized spacial score (nSPS) is 10.3. The first-order chi connectivity index (χ1) is 9.06. The largest absolute Gasteiger partial charge is 0.381 e. The van der Waals surface area contributed by atoms with Gasteiger partial charge in [-0.1, -0.05) is 28.1 Å². The molecule has 100 valence electrons. The molecule has 0 unspecified atom stereocenters. The number of rotatable bonds is 4. The van der Waals surface area contributed by atoms with Gasteiger partial charge in [0.1, 0.15) is 0 Å². The van der Waals surface area contributed by atoms with Gasteiger partial charge in [-0.25, -0.2) is 0 Å². The first-order valence-corrected chi connectivity index (χ1v) is 7.12. The Hall–Kier alpha value is -1.48. The molecule has 19 heavy (non-hydrogen) atoms. The van der Waals surface area contributed by atoms with Gasteiger partial charge in [-0.15, -0.1) is 0 Å². The molecule has 0 fully saturated rings. The van der Waals surface area contributed by atoms with Gasteiger partial charge in [-0.3, -0.25) is 0 Å². The fourth-order valence-electron chi connectivity index (χ4n) is 1.87. The second-order valence-electron chi connectivity index (χ2n) is 4.88. The number of hydrogen-bond acceptors (Lipinski definition) is 2. The van der Waals surface area contributed by atoms with Crippen LogP contribution in [0.5, 0.6) is 0 Å². The highest BCUT2D eigenvalue weighted by Crippen LogP contribution is 2.20. The van der Waals surface area contributed by atoms with E-state index >= 15 is 0 Å². The van der Waals surface area contributed by atoms with Gasteiger partial charge < -0.3 is 10.2 Å². The van der Waals surface area contributed by atoms with E-state index in [0.29, 0.717) is 0 Å². The smallest absolute Gasteiger partial charge is 0.0400 e. The van der Waals surface area contributed by atoms with Crippen LogP contribution in [0.2, 0.25) is 0 Å². The predicted octanol–water partition coefficient (Wildman–Crippen LogP) is 4.44. The lowest BCUT2D eigenvalue weighted by Crippen LogP contribution is -2.08. The Morgan fingerprint density at radius 3 is 2.32 bits per heavy atom. The molecule has 0 bridgehead atoms. The van der Waals surface area contributed by atoms with Crippen molar-refractivity contribution in [2.75, 3.05) is 24.3 Å². The van der Waals surface area contributed by atoms with Crippen LogP contribution in [0, 0.1) is 6.92 Å². The molecule has 0 heterocycles. The topological polar surface area (TPSA) is 15.3 Å². The van der Waals surface area contributed by atoms with Gasteiger partial charge in [0.05, 0.1) is 0 Å². The molecule has 0 aliphatic rings. The third-order valence-corrected chi connectivity index (χ3v) is 4.00. The lowest BCUT2D eigenvalue weighted by Gasteiger charge is -2.13. The highest BCUT2D eigenvalue weighted by Gasteiger charge is 1.99. The zero-order valence-electron chi connectivity index (χ0n) is 11.6. The van der Waals surface area contributed by atoms with Crippen molar-refractivity contribution < 1.29 is 0 Å². The van der Waals surface area contributed by atoms with Crippen LogP contribution in [0.4, 0.5) is 11.4 Å². The number of nitrogens with one attached hydrogen (secondary N) is 1. The average Bonchev–Trinajstić information content (AvgIpc) is 2.40. The van der Waals surface area contributed by atoms with Crippen LogP contribution in [0.1, 0.15) is 11.1 Å². The molecule has 0 aliphatic carbocycles. The molecule has 0 saturated carbocycles. The summed E-state index contributed by atoms with van der Waals surface area (Å²) in [5.41, 5.74) is 4.90. The molecule has 0 saturated heterocycles. The van der Waals surface area contributed by atoms with Gasteiger partial charge in [0.25, 0.3) is 0 Å². The van der Waals surface area contributed by atoms with Gasteiger partial charge in [-0.05, 0) is 48.4 Å². The van der Waals surface area contributed by atoms with Gasteiger partial charge in [0.15, 0.2) is 0 Å². The molecule has 0 aromatic heterocycles. The Kier molecular flexibility index (Phi) is 4.48. The van der Waals surface area contributed by atoms with Crippen molar-refractivity contribution in [3.05, 3.63) is 58.1 Å². The molecular formula is C16H19BrN2. The molecule has 0 amide bonds. The van der Waals surface area contributed by atoms with Crippen molar-refractivity contribution in [2.45, 2.75) is 13.5 Å². The number of aryl methyl sites for hydroxylation is 1. The molecule has 2 rings (SSSR count). The van der Waals surface area contributed by atoms with Gasteiger partial charge in [0, 0.05) is 36.5 Å². The fourth-order valence-corrected chi connectivity index (χ4v) is 2.12. The van der Waals surface area contributed by atoms with Gasteiger partial charge in [0.2, 0.25) is 0 Å². The SMILES string of the molecule is Cc1cc(NCc2ccc(N(C)C)cc2)ccc1Br. The Balaban J connectivity index is 2.00. The van der Waals surface area contributed by atoms with Crippen molar-refractivity contribution >= 4 is 27.3 Å². The highest BCUT2D eigenvalue weighted by atomic mass is 79.9. The number of halogens is 1. The van der Waals surface area contributed by atoms with Crippen LogP contribution in [0.25, 0.3) is 0 Å². The van der Waals surface area contributed by atoms with E-state index in [0.717, 1.165) is 16.7 Å². The molecule has 1 N–H and O–H groups in total. The third kappa shape index (κ3) is 3.74. The van der Waals surface area contributed by atoms with Crippen molar-refractivity contribution in [3.63, 3.8) is 0 Å². The minimum Gasteiger partial charge on any atom is -0.381 e. The second-order valence-corrected chi connectivity index (χ2v) is 5.73. The summed E-state index contributed by atoms with van der Waals surface area (Å²) < 4.78 is 1.15. The minimum absolute atomic E-state index is 0.842. The highest BCUT2D eigenvalue weighted by molar-refractivity contribution is 9.10. The molecule has 0 aliphatic heterocycles. The quantitative estimate of drug-likeness (QED) is 0.896. The van der Waals surface area contributed by atoms with Crippen molar-refractivity contribution in [1.29, 1.82) is 0 Å². The first kappa shape index (κ1) is 13.9. The van der Waals surface area contributed by atoms with E-state index in [2.05, 4.69) is 89.6 Å². The third-order valence-electron chi connectivity index (χ3n) is 3.11. The molecule has 2 nitrogen and oxygen atoms in total. The number of nitrogens with zero attached hydrogens (tertiary/aromatic N) is 1. The lowest BCUT2D eigenvalue weighted by molar-refractivity contribution is 1.11. The molecule has 3 heteroatoms. The summed E-state index contributed by atoms with van der Waals surface area (Å²) in [6.07, 6.45) is 0. The van der Waals surface area contributed by atoms with Crippen LogP contribution in [-0.2, 0) is 6.54 Å². The van der Waals surface area contributed by atoms with E-state index in [4.69, 9.17) is 0 Å². The van der Waals surface area contributed by atoms with E-state index < -0.39 is 0 Å². The average molecular weight is 319 g/mol. The summed E-state index contributed by atoms with van der Waals surface area (Å²) in [6, 6.07) is 14.9. The summed E-state index contributed by atoms with van der Waals surface area (Å²) in [5.74, 6) is 0. The predicted molar refractivity (Wildman–Crippen MR) is 87.0 cm³/mol. The van der Waals surface area contributed by atoms with E-state index in [1.54, 1.807) is 0 Å². The maximum absolute atomic E-state index is 3.51. The van der Waals surface area contributed by atoms with Gasteiger partial charge in [-0.2, -0.15) is 0 Å². The summed E-state index contributed by atoms with van der Waals surface area (Å²) in [5, 5.41) is 3.44. The Morgan fingerprint density at radius 1 is 1.05 bits per heavy atom. The Labute approximate surface area is 123 Å². The standard InChI is InChI=1S/C16H19BrN2/c1-12-10-14(6-9-16(12)17)18-11-13-4-7-15(8-5-13)19(2)3/h4-10,18H,11H2,1-3H3. The molecule has 0 radical (unpaired) electrons. The van der Waals surface area contributed by atoms with Crippen LogP contribution in [0.15, 0.2) is 46.9 Å². The Morgan fingerprint density at radius 2 is 1.74 bits per heavy atom. The first-order valence-electron chi connectivity index (χ1n) is 6.32. The molecule has 0 atom stereocenters. The van der Waals surface area contributed by atoms with Crippen LogP contribution in [-0.4, -0.2) is 14.1 Å². The minimum atomic E-state index is 0.842. The van der Waals surface area contributed by atoms with Crippen LogP contribution < -0.4 is 10.2 Å². The summed E-state index contributed by atoms with van der Waals surface area (Å²) >= 11 is 3.51. The van der Waals surface area contributed by atoms with E-state index in [9.17, 15) is 0 Å². The Bertz CT molecular complexity index is 547. The molecular weight excluding hydrogens is 300 g/mol. The number of anilines is 2. The van der Waals surface area contributed by atoms with E-state index in [1.807, 2.05) is 0 Å².